The molecule has 1 heterocycles. The SMILES string of the molecule is CCOC(=O)[C@@H](C)[C@@H]1[C@H](F)CCN1Cc1ccccc1. The van der Waals surface area contributed by atoms with E-state index in [0.29, 0.717) is 26.1 Å². The van der Waals surface area contributed by atoms with Gasteiger partial charge in [0, 0.05) is 13.1 Å². The number of ether oxygens (including phenoxy) is 1. The molecule has 4 heteroatoms. The molecule has 3 atom stereocenters. The van der Waals surface area contributed by atoms with E-state index in [0.717, 1.165) is 5.56 Å². The number of esters is 1. The lowest BCUT2D eigenvalue weighted by atomic mass is 9.98. The van der Waals surface area contributed by atoms with Crippen molar-refractivity contribution in [3.05, 3.63) is 35.9 Å². The Kier molecular flexibility index (Phi) is 5.12. The molecule has 1 aliphatic heterocycles. The Balaban J connectivity index is 2.06. The molecule has 0 amide bonds. The molecule has 1 fully saturated rings. The van der Waals surface area contributed by atoms with Gasteiger partial charge < -0.3 is 4.74 Å². The predicted molar refractivity (Wildman–Crippen MR) is 76.0 cm³/mol. The molecule has 0 radical (unpaired) electrons. The highest BCUT2D eigenvalue weighted by Gasteiger charge is 2.41. The summed E-state index contributed by atoms with van der Waals surface area (Å²) < 4.78 is 19.2. The molecule has 0 aliphatic carbocycles. The second kappa shape index (κ2) is 6.84. The number of nitrogens with zero attached hydrogens (tertiary/aromatic N) is 1. The van der Waals surface area contributed by atoms with Crippen molar-refractivity contribution in [2.75, 3.05) is 13.2 Å². The highest BCUT2D eigenvalue weighted by molar-refractivity contribution is 5.73. The Morgan fingerprint density at radius 3 is 2.80 bits per heavy atom. The van der Waals surface area contributed by atoms with Crippen LogP contribution < -0.4 is 0 Å². The number of halogens is 1. The fraction of sp³-hybridized carbons (Fsp3) is 0.562. The van der Waals surface area contributed by atoms with Crippen LogP contribution in [-0.4, -0.2) is 36.2 Å². The van der Waals surface area contributed by atoms with Crippen molar-refractivity contribution in [2.24, 2.45) is 5.92 Å². The first-order valence-corrected chi connectivity index (χ1v) is 7.22. The summed E-state index contributed by atoms with van der Waals surface area (Å²) in [6.45, 7) is 5.23. The predicted octanol–water partition coefficient (Wildman–Crippen LogP) is 2.80. The molecule has 0 N–H and O–H groups in total. The van der Waals surface area contributed by atoms with E-state index in [1.165, 1.54) is 0 Å². The Bertz CT molecular complexity index is 437. The Morgan fingerprint density at radius 1 is 1.45 bits per heavy atom. The summed E-state index contributed by atoms with van der Waals surface area (Å²) in [5, 5.41) is 0. The molecule has 1 aromatic carbocycles. The van der Waals surface area contributed by atoms with Crippen LogP contribution in [0.25, 0.3) is 0 Å². The Morgan fingerprint density at radius 2 is 2.15 bits per heavy atom. The van der Waals surface area contributed by atoms with E-state index in [2.05, 4.69) is 4.90 Å². The van der Waals surface area contributed by atoms with Crippen molar-refractivity contribution in [3.8, 4) is 0 Å². The summed E-state index contributed by atoms with van der Waals surface area (Å²) in [7, 11) is 0. The van der Waals surface area contributed by atoms with Gasteiger partial charge in [0.1, 0.15) is 6.17 Å². The summed E-state index contributed by atoms with van der Waals surface area (Å²) in [4.78, 5) is 13.9. The summed E-state index contributed by atoms with van der Waals surface area (Å²) >= 11 is 0. The molecular formula is C16H22FNO2. The average Bonchev–Trinajstić information content (AvgIpc) is 2.80. The number of carbonyl (C=O) groups excluding carboxylic acids is 1. The zero-order chi connectivity index (χ0) is 14.5. The van der Waals surface area contributed by atoms with E-state index < -0.39 is 12.1 Å². The first kappa shape index (κ1) is 15.0. The lowest BCUT2D eigenvalue weighted by molar-refractivity contribution is -0.150. The van der Waals surface area contributed by atoms with Crippen LogP contribution in [0, 0.1) is 5.92 Å². The van der Waals surface area contributed by atoms with E-state index >= 15 is 0 Å². The Hall–Kier alpha value is -1.42. The van der Waals surface area contributed by atoms with Crippen molar-refractivity contribution < 1.29 is 13.9 Å². The molecule has 3 nitrogen and oxygen atoms in total. The van der Waals surface area contributed by atoms with Crippen molar-refractivity contribution in [1.29, 1.82) is 0 Å². The van der Waals surface area contributed by atoms with Crippen LogP contribution in [0.15, 0.2) is 30.3 Å². The lowest BCUT2D eigenvalue weighted by Gasteiger charge is -2.29. The smallest absolute Gasteiger partial charge is 0.310 e. The maximum atomic E-state index is 14.1. The normalized spacial score (nSPS) is 24.6. The largest absolute Gasteiger partial charge is 0.466 e. The first-order valence-electron chi connectivity index (χ1n) is 7.22. The van der Waals surface area contributed by atoms with Crippen LogP contribution >= 0.6 is 0 Å². The van der Waals surface area contributed by atoms with Crippen molar-refractivity contribution >= 4 is 5.97 Å². The number of hydrogen-bond donors (Lipinski definition) is 0. The zero-order valence-electron chi connectivity index (χ0n) is 12.1. The van der Waals surface area contributed by atoms with Gasteiger partial charge in [-0.05, 0) is 18.9 Å². The van der Waals surface area contributed by atoms with Crippen LogP contribution in [0.2, 0.25) is 0 Å². The van der Waals surface area contributed by atoms with Gasteiger partial charge in [-0.3, -0.25) is 9.69 Å². The second-order valence-electron chi connectivity index (χ2n) is 5.29. The topological polar surface area (TPSA) is 29.5 Å². The van der Waals surface area contributed by atoms with E-state index in [1.54, 1.807) is 13.8 Å². The van der Waals surface area contributed by atoms with Gasteiger partial charge in [-0.2, -0.15) is 0 Å². The average molecular weight is 279 g/mol. The van der Waals surface area contributed by atoms with Crippen LogP contribution in [0.1, 0.15) is 25.8 Å². The van der Waals surface area contributed by atoms with E-state index in [-0.39, 0.29) is 12.0 Å². The van der Waals surface area contributed by atoms with Crippen LogP contribution in [0.5, 0.6) is 0 Å². The highest BCUT2D eigenvalue weighted by Crippen LogP contribution is 2.29. The molecule has 0 saturated carbocycles. The minimum absolute atomic E-state index is 0.305. The number of benzene rings is 1. The van der Waals surface area contributed by atoms with Crippen molar-refractivity contribution in [1.82, 2.24) is 4.90 Å². The minimum atomic E-state index is -0.960. The number of carbonyl (C=O) groups is 1. The number of likely N-dealkylation sites (tertiary alicyclic amines) is 1. The van der Waals surface area contributed by atoms with Crippen LogP contribution in [-0.2, 0) is 16.1 Å². The minimum Gasteiger partial charge on any atom is -0.466 e. The molecule has 1 aliphatic rings. The molecule has 0 spiro atoms. The molecule has 0 unspecified atom stereocenters. The fourth-order valence-corrected chi connectivity index (χ4v) is 2.88. The number of alkyl halides is 1. The molecule has 20 heavy (non-hydrogen) atoms. The van der Waals surface area contributed by atoms with E-state index in [1.807, 2.05) is 30.3 Å². The summed E-state index contributed by atoms with van der Waals surface area (Å²) in [5.41, 5.74) is 1.14. The van der Waals surface area contributed by atoms with Gasteiger partial charge in [0.05, 0.1) is 18.6 Å². The third-order valence-corrected chi connectivity index (χ3v) is 3.88. The monoisotopic (exact) mass is 279 g/mol. The van der Waals surface area contributed by atoms with Gasteiger partial charge >= 0.3 is 5.97 Å². The van der Waals surface area contributed by atoms with Gasteiger partial charge in [-0.15, -0.1) is 0 Å². The molecule has 0 aromatic heterocycles. The number of hydrogen-bond acceptors (Lipinski definition) is 3. The van der Waals surface area contributed by atoms with Gasteiger partial charge in [0.15, 0.2) is 0 Å². The molecule has 2 rings (SSSR count). The standard InChI is InChI=1S/C16H22FNO2/c1-3-20-16(19)12(2)15-14(17)9-10-18(15)11-13-7-5-4-6-8-13/h4-8,12,14-15H,3,9-11H2,1-2H3/t12-,14+,15+/m0/s1. The Labute approximate surface area is 119 Å². The third kappa shape index (κ3) is 3.37. The number of rotatable bonds is 5. The van der Waals surface area contributed by atoms with Crippen molar-refractivity contribution in [3.63, 3.8) is 0 Å². The molecule has 110 valence electrons. The summed E-state index contributed by atoms with van der Waals surface area (Å²) in [6, 6.07) is 9.58. The van der Waals surface area contributed by atoms with Crippen LogP contribution in [0.3, 0.4) is 0 Å². The van der Waals surface area contributed by atoms with E-state index in [4.69, 9.17) is 4.74 Å². The van der Waals surface area contributed by atoms with Gasteiger partial charge in [-0.1, -0.05) is 37.3 Å². The zero-order valence-corrected chi connectivity index (χ0v) is 12.1. The quantitative estimate of drug-likeness (QED) is 0.776. The first-order chi connectivity index (χ1) is 9.63. The lowest BCUT2D eigenvalue weighted by Crippen LogP contribution is -2.42. The molecular weight excluding hydrogens is 257 g/mol. The molecule has 1 saturated heterocycles. The maximum absolute atomic E-state index is 14.1. The van der Waals surface area contributed by atoms with Gasteiger partial charge in [-0.25, -0.2) is 4.39 Å². The van der Waals surface area contributed by atoms with Crippen molar-refractivity contribution in [2.45, 2.75) is 39.0 Å². The van der Waals surface area contributed by atoms with Crippen LogP contribution in [0.4, 0.5) is 4.39 Å². The summed E-state index contributed by atoms with van der Waals surface area (Å²) in [6.07, 6.45) is -0.473. The molecule has 0 bridgehead atoms. The van der Waals surface area contributed by atoms with Gasteiger partial charge in [0.25, 0.3) is 0 Å². The van der Waals surface area contributed by atoms with Gasteiger partial charge in [0.2, 0.25) is 0 Å². The third-order valence-electron chi connectivity index (χ3n) is 3.88. The maximum Gasteiger partial charge on any atom is 0.310 e. The summed E-state index contributed by atoms with van der Waals surface area (Å²) in [5.74, 6) is -0.740. The van der Waals surface area contributed by atoms with E-state index in [9.17, 15) is 9.18 Å². The highest BCUT2D eigenvalue weighted by atomic mass is 19.1. The fourth-order valence-electron chi connectivity index (χ4n) is 2.88. The second-order valence-corrected chi connectivity index (χ2v) is 5.29. The molecule has 1 aromatic rings.